The number of aryl methyl sites for hydroxylation is 4. The molecule has 0 radical (unpaired) electrons. The van der Waals surface area contributed by atoms with Crippen LogP contribution >= 0.6 is 0 Å². The summed E-state index contributed by atoms with van der Waals surface area (Å²) in [6, 6.07) is 6.75. The zero-order chi connectivity index (χ0) is 30.1. The summed E-state index contributed by atoms with van der Waals surface area (Å²) in [5.41, 5.74) is 27.4. The molecule has 2 aliphatic heterocycles. The monoisotopic (exact) mass is 562 g/mol. The Labute approximate surface area is 250 Å². The Morgan fingerprint density at radius 3 is 1.36 bits per heavy atom. The second-order valence-electron chi connectivity index (χ2n) is 11.1. The molecule has 6 heteroatoms. The summed E-state index contributed by atoms with van der Waals surface area (Å²) >= 11 is 0. The molecule has 0 unspecified atom stereocenters. The van der Waals surface area contributed by atoms with Gasteiger partial charge in [0.1, 0.15) is 5.69 Å². The number of aromatic amines is 2. The first-order valence-corrected chi connectivity index (χ1v) is 16.1. The smallest absolute Gasteiger partial charge is 0.135 e. The maximum absolute atomic E-state index is 8.40. The van der Waals surface area contributed by atoms with Gasteiger partial charge in [0.05, 0.1) is 28.3 Å². The van der Waals surface area contributed by atoms with Gasteiger partial charge in [0, 0.05) is 16.6 Å². The Kier molecular flexibility index (Phi) is 8.63. The molecular formula is C36H46N6. The molecule has 0 aliphatic carbocycles. The van der Waals surface area contributed by atoms with Crippen LogP contribution in [-0.2, 0) is 25.7 Å². The molecule has 0 fully saturated rings. The van der Waals surface area contributed by atoms with Crippen molar-refractivity contribution in [1.82, 2.24) is 19.9 Å². The van der Waals surface area contributed by atoms with Gasteiger partial charge >= 0.3 is 0 Å². The van der Waals surface area contributed by atoms with E-state index in [1.54, 1.807) is 0 Å². The molecule has 42 heavy (non-hydrogen) atoms. The average Bonchev–Trinajstić information content (AvgIpc) is 3.72. The molecular weight excluding hydrogens is 516 g/mol. The van der Waals surface area contributed by atoms with E-state index in [1.165, 1.54) is 44.5 Å². The van der Waals surface area contributed by atoms with Gasteiger partial charge in [-0.25, -0.2) is 15.5 Å². The van der Waals surface area contributed by atoms with E-state index in [4.69, 9.17) is 15.5 Å². The van der Waals surface area contributed by atoms with E-state index in [0.717, 1.165) is 96.2 Å². The molecule has 0 spiro atoms. The zero-order valence-corrected chi connectivity index (χ0v) is 26.7. The molecule has 5 rings (SSSR count). The first-order chi connectivity index (χ1) is 20.4. The van der Waals surface area contributed by atoms with Crippen LogP contribution in [0.15, 0.2) is 23.3 Å². The summed E-state index contributed by atoms with van der Waals surface area (Å²) in [5.74, 6) is 0. The van der Waals surface area contributed by atoms with Crippen LogP contribution in [0.2, 0.25) is 0 Å². The summed E-state index contributed by atoms with van der Waals surface area (Å²) in [5, 5.41) is 4.18. The number of nitrogens with zero attached hydrogens (tertiary/aromatic N) is 3. The third kappa shape index (κ3) is 4.65. The van der Waals surface area contributed by atoms with Crippen molar-refractivity contribution in [3.05, 3.63) is 63.2 Å². The highest BCUT2D eigenvalue weighted by atomic mass is 15.0. The number of H-pyrrole nitrogens is 2. The third-order valence-corrected chi connectivity index (χ3v) is 9.19. The molecule has 0 aromatic carbocycles. The lowest BCUT2D eigenvalue weighted by atomic mass is 9.98. The van der Waals surface area contributed by atoms with Crippen LogP contribution in [0.4, 0.5) is 5.69 Å². The molecule has 3 aromatic rings. The first kappa shape index (κ1) is 29.7. The van der Waals surface area contributed by atoms with Gasteiger partial charge in [-0.1, -0.05) is 55.4 Å². The minimum absolute atomic E-state index is 0.631. The second kappa shape index (κ2) is 12.2. The number of allylic oxidation sites excluding steroid dienone is 4. The van der Waals surface area contributed by atoms with Crippen molar-refractivity contribution in [2.45, 2.75) is 107 Å². The Bertz CT molecular complexity index is 1780. The predicted molar refractivity (Wildman–Crippen MR) is 178 cm³/mol. The molecule has 0 amide bonds. The Morgan fingerprint density at radius 2 is 0.929 bits per heavy atom. The highest BCUT2D eigenvalue weighted by Gasteiger charge is 2.24. The number of hydrogen-bond donors (Lipinski definition) is 3. The van der Waals surface area contributed by atoms with Crippen LogP contribution in [0.5, 0.6) is 0 Å². The fourth-order valence-corrected chi connectivity index (χ4v) is 7.28. The van der Waals surface area contributed by atoms with Crippen LogP contribution in [-0.4, -0.2) is 19.9 Å². The molecule has 5 heterocycles. The largest absolute Gasteiger partial charge is 0.355 e. The molecule has 3 aromatic heterocycles. The van der Waals surface area contributed by atoms with Gasteiger partial charge in [-0.05, 0) is 114 Å². The maximum Gasteiger partial charge on any atom is 0.135 e. The van der Waals surface area contributed by atoms with Gasteiger partial charge in [-0.3, -0.25) is 0 Å². The van der Waals surface area contributed by atoms with E-state index in [1.807, 2.05) is 0 Å². The highest BCUT2D eigenvalue weighted by molar-refractivity contribution is 5.99. The molecule has 6 nitrogen and oxygen atoms in total. The van der Waals surface area contributed by atoms with Crippen molar-refractivity contribution < 1.29 is 0 Å². The second-order valence-corrected chi connectivity index (χ2v) is 11.1. The Hall–Kier alpha value is -3.80. The number of rotatable bonds is 9. The van der Waals surface area contributed by atoms with Crippen molar-refractivity contribution >= 4 is 50.0 Å². The summed E-state index contributed by atoms with van der Waals surface area (Å²) in [4.78, 5) is 18.1. The van der Waals surface area contributed by atoms with Crippen LogP contribution in [0.1, 0.15) is 126 Å². The van der Waals surface area contributed by atoms with Crippen LogP contribution in [0.3, 0.4) is 0 Å². The number of nitrogens with one attached hydrogen (secondary N) is 3. The van der Waals surface area contributed by atoms with Gasteiger partial charge in [-0.15, -0.1) is 0 Å². The van der Waals surface area contributed by atoms with Gasteiger partial charge in [0.25, 0.3) is 0 Å². The summed E-state index contributed by atoms with van der Waals surface area (Å²) < 4.78 is 0. The number of fused-ring (bicyclic) bond motifs is 8. The summed E-state index contributed by atoms with van der Waals surface area (Å²) in [7, 11) is 0. The first-order valence-electron chi connectivity index (χ1n) is 16.1. The van der Waals surface area contributed by atoms with Crippen molar-refractivity contribution in [2.24, 2.45) is 5.11 Å². The van der Waals surface area contributed by atoms with Crippen LogP contribution < -0.4 is 0 Å². The van der Waals surface area contributed by atoms with Crippen molar-refractivity contribution in [1.29, 1.82) is 5.53 Å². The van der Waals surface area contributed by atoms with Crippen molar-refractivity contribution in [3.63, 3.8) is 0 Å². The van der Waals surface area contributed by atoms with Gasteiger partial charge in [-0.2, -0.15) is 5.11 Å². The fraction of sp³-hybridized carbons (Fsp3) is 0.444. The van der Waals surface area contributed by atoms with Gasteiger partial charge < -0.3 is 9.97 Å². The van der Waals surface area contributed by atoms with E-state index in [-0.39, 0.29) is 0 Å². The summed E-state index contributed by atoms with van der Waals surface area (Å²) in [6.07, 6.45) is 7.19. The minimum Gasteiger partial charge on any atom is -0.355 e. The molecule has 2 aliphatic rings. The molecule has 0 saturated carbocycles. The molecule has 0 saturated heterocycles. The van der Waals surface area contributed by atoms with Crippen molar-refractivity contribution in [2.75, 3.05) is 0 Å². The molecule has 3 N–H and O–H groups in total. The molecule has 0 atom stereocenters. The standard InChI is InChI=1S/C36H46N6/c1-9-20-22(11-3)30-18-32-24(13-5)26(15-7)34(40-32)36(42-37)35-27(16-8)25(14-6)33(41-35)19-31-23(12-4)21(10-2)29(39-31)17-28(20)38-30/h17-19,37-38,41H,9-16H2,1-8H3. The topological polar surface area (TPSA) is 93.6 Å². The van der Waals surface area contributed by atoms with Crippen LogP contribution in [0.25, 0.3) is 44.4 Å². The Morgan fingerprint density at radius 1 is 0.524 bits per heavy atom. The lowest BCUT2D eigenvalue weighted by Gasteiger charge is -2.05. The van der Waals surface area contributed by atoms with E-state index in [0.29, 0.717) is 5.69 Å². The molecule has 8 bridgehead atoms. The van der Waals surface area contributed by atoms with Crippen LogP contribution in [0, 0.1) is 5.53 Å². The lowest BCUT2D eigenvalue weighted by Crippen LogP contribution is -1.88. The van der Waals surface area contributed by atoms with Crippen molar-refractivity contribution in [3.8, 4) is 0 Å². The number of aromatic nitrogens is 4. The van der Waals surface area contributed by atoms with E-state index < -0.39 is 0 Å². The quantitative estimate of drug-likeness (QED) is 0.226. The normalized spacial score (nSPS) is 13.4. The zero-order valence-electron chi connectivity index (χ0n) is 26.7. The van der Waals surface area contributed by atoms with E-state index >= 15 is 0 Å². The summed E-state index contributed by atoms with van der Waals surface area (Å²) in [6.45, 7) is 17.7. The Balaban J connectivity index is 2.10. The van der Waals surface area contributed by atoms with Gasteiger partial charge in [0.2, 0.25) is 0 Å². The third-order valence-electron chi connectivity index (χ3n) is 9.19. The average molecular weight is 563 g/mol. The number of hydrogen-bond acceptors (Lipinski definition) is 4. The molecule has 220 valence electrons. The van der Waals surface area contributed by atoms with E-state index in [9.17, 15) is 0 Å². The highest BCUT2D eigenvalue weighted by Crippen LogP contribution is 2.42. The minimum atomic E-state index is 0.631. The van der Waals surface area contributed by atoms with Gasteiger partial charge in [0.15, 0.2) is 0 Å². The SMILES string of the molecule is CCC1=C(CC)c2cc3[nH]c(c(CC)c3CC)c(N=N)c3nc(cc4[nH]c(cc1n2)c(CC)c4CC)C(CC)=C3CC. The lowest BCUT2D eigenvalue weighted by molar-refractivity contribution is 1.07. The predicted octanol–water partition coefficient (Wildman–Crippen LogP) is 10.7. The van der Waals surface area contributed by atoms with E-state index in [2.05, 4.69) is 88.7 Å². The maximum atomic E-state index is 8.40. The fourth-order valence-electron chi connectivity index (χ4n) is 7.28.